The maximum atomic E-state index is 13.2. The van der Waals surface area contributed by atoms with Crippen molar-refractivity contribution >= 4 is 17.7 Å². The number of nitrogens with one attached hydrogen (secondary N) is 2. The molecule has 0 aliphatic rings. The number of amides is 2. The molecule has 2 aromatic carbocycles. The largest absolute Gasteiger partial charge is 0.465 e. The molecule has 3 N–H and O–H groups in total. The van der Waals surface area contributed by atoms with Crippen molar-refractivity contribution in [3.63, 3.8) is 0 Å². The second kappa shape index (κ2) is 7.03. The zero-order chi connectivity index (χ0) is 17.7. The predicted molar refractivity (Wildman–Crippen MR) is 80.7 cm³/mol. The maximum absolute atomic E-state index is 13.2. The number of alkyl halides is 3. The minimum Gasteiger partial charge on any atom is -0.465 e. The standard InChI is InChI=1S/C16H13F3N2O3/c17-16(18,19)12-8-10(9-20-15(23)24)6-7-13(12)21-14(22)11-4-2-1-3-5-11/h1-8,20H,9H2,(H,21,22)(H,23,24). The van der Waals surface area contributed by atoms with Gasteiger partial charge >= 0.3 is 12.3 Å². The van der Waals surface area contributed by atoms with Gasteiger partial charge in [0.2, 0.25) is 0 Å². The fraction of sp³-hybridized carbons (Fsp3) is 0.125. The Morgan fingerprint density at radius 2 is 1.71 bits per heavy atom. The number of anilines is 1. The topological polar surface area (TPSA) is 78.4 Å². The Kier molecular flexibility index (Phi) is 5.08. The molecule has 0 atom stereocenters. The Bertz CT molecular complexity index is 746. The smallest absolute Gasteiger partial charge is 0.418 e. The molecule has 0 spiro atoms. The van der Waals surface area contributed by atoms with Crippen molar-refractivity contribution in [1.29, 1.82) is 0 Å². The summed E-state index contributed by atoms with van der Waals surface area (Å²) in [4.78, 5) is 22.5. The second-order valence-electron chi connectivity index (χ2n) is 4.86. The lowest BCUT2D eigenvalue weighted by Gasteiger charge is -2.15. The first-order valence-corrected chi connectivity index (χ1v) is 6.80. The number of halogens is 3. The van der Waals surface area contributed by atoms with Gasteiger partial charge in [-0.1, -0.05) is 24.3 Å². The SMILES string of the molecule is O=C(O)NCc1ccc(NC(=O)c2ccccc2)c(C(F)(F)F)c1. The van der Waals surface area contributed by atoms with E-state index >= 15 is 0 Å². The van der Waals surface area contributed by atoms with Gasteiger partial charge in [-0.3, -0.25) is 4.79 Å². The van der Waals surface area contributed by atoms with Crippen LogP contribution < -0.4 is 10.6 Å². The van der Waals surface area contributed by atoms with Crippen LogP contribution >= 0.6 is 0 Å². The van der Waals surface area contributed by atoms with Crippen molar-refractivity contribution in [3.8, 4) is 0 Å². The van der Waals surface area contributed by atoms with Crippen molar-refractivity contribution in [3.05, 3.63) is 65.2 Å². The zero-order valence-corrected chi connectivity index (χ0v) is 12.2. The Morgan fingerprint density at radius 3 is 2.29 bits per heavy atom. The van der Waals surface area contributed by atoms with E-state index in [4.69, 9.17) is 5.11 Å². The minimum atomic E-state index is -4.70. The number of rotatable bonds is 4. The summed E-state index contributed by atoms with van der Waals surface area (Å²) in [6, 6.07) is 11.1. The first-order chi connectivity index (χ1) is 11.3. The van der Waals surface area contributed by atoms with Gasteiger partial charge in [0.05, 0.1) is 11.3 Å². The fourth-order valence-corrected chi connectivity index (χ4v) is 2.01. The highest BCUT2D eigenvalue weighted by atomic mass is 19.4. The van der Waals surface area contributed by atoms with Crippen molar-refractivity contribution in [2.75, 3.05) is 5.32 Å². The monoisotopic (exact) mass is 338 g/mol. The van der Waals surface area contributed by atoms with Crippen LogP contribution in [0, 0.1) is 0 Å². The van der Waals surface area contributed by atoms with Crippen LogP contribution in [0.15, 0.2) is 48.5 Å². The quantitative estimate of drug-likeness (QED) is 0.795. The molecule has 8 heteroatoms. The number of hydrogen-bond donors (Lipinski definition) is 3. The number of carboxylic acid groups (broad SMARTS) is 1. The van der Waals surface area contributed by atoms with Gasteiger partial charge in [-0.25, -0.2) is 4.79 Å². The third-order valence-electron chi connectivity index (χ3n) is 3.12. The first-order valence-electron chi connectivity index (χ1n) is 6.80. The van der Waals surface area contributed by atoms with Crippen LogP contribution in [-0.4, -0.2) is 17.1 Å². The van der Waals surface area contributed by atoms with E-state index in [-0.39, 0.29) is 17.7 Å². The van der Waals surface area contributed by atoms with Gasteiger partial charge in [-0.2, -0.15) is 13.2 Å². The van der Waals surface area contributed by atoms with E-state index in [1.165, 1.54) is 18.2 Å². The molecule has 0 saturated heterocycles. The summed E-state index contributed by atoms with van der Waals surface area (Å²) >= 11 is 0. The van der Waals surface area contributed by atoms with E-state index in [9.17, 15) is 22.8 Å². The lowest BCUT2D eigenvalue weighted by Crippen LogP contribution is -2.21. The Labute approximate surface area is 135 Å². The van der Waals surface area contributed by atoms with Crippen LogP contribution in [0.5, 0.6) is 0 Å². The number of carbonyl (C=O) groups excluding carboxylic acids is 1. The molecule has 2 rings (SSSR count). The molecule has 5 nitrogen and oxygen atoms in total. The van der Waals surface area contributed by atoms with E-state index in [1.807, 2.05) is 5.32 Å². The molecule has 0 aliphatic heterocycles. The Hall–Kier alpha value is -3.03. The number of benzene rings is 2. The van der Waals surface area contributed by atoms with Crippen LogP contribution in [0.2, 0.25) is 0 Å². The summed E-state index contributed by atoms with van der Waals surface area (Å²) in [6.07, 6.45) is -6.04. The van der Waals surface area contributed by atoms with E-state index < -0.39 is 29.4 Å². The average molecular weight is 338 g/mol. The van der Waals surface area contributed by atoms with Gasteiger partial charge in [-0.05, 0) is 29.8 Å². The predicted octanol–water partition coefficient (Wildman–Crippen LogP) is 3.73. The van der Waals surface area contributed by atoms with Gasteiger partial charge in [-0.15, -0.1) is 0 Å². The van der Waals surface area contributed by atoms with E-state index in [2.05, 4.69) is 5.32 Å². The molecule has 126 valence electrons. The van der Waals surface area contributed by atoms with Crippen LogP contribution in [0.4, 0.5) is 23.7 Å². The molecule has 0 heterocycles. The molecule has 24 heavy (non-hydrogen) atoms. The Morgan fingerprint density at radius 1 is 1.04 bits per heavy atom. The summed E-state index contributed by atoms with van der Waals surface area (Å²) < 4.78 is 39.6. The van der Waals surface area contributed by atoms with Gasteiger partial charge in [0, 0.05) is 12.1 Å². The van der Waals surface area contributed by atoms with Crippen LogP contribution in [-0.2, 0) is 12.7 Å². The van der Waals surface area contributed by atoms with E-state index in [0.29, 0.717) is 0 Å². The summed E-state index contributed by atoms with van der Waals surface area (Å²) in [7, 11) is 0. The molecular weight excluding hydrogens is 325 g/mol. The molecule has 0 radical (unpaired) electrons. The number of carbonyl (C=O) groups is 2. The lowest BCUT2D eigenvalue weighted by molar-refractivity contribution is -0.137. The van der Waals surface area contributed by atoms with Gasteiger partial charge < -0.3 is 15.7 Å². The first kappa shape index (κ1) is 17.3. The molecular formula is C16H13F3N2O3. The minimum absolute atomic E-state index is 0.127. The summed E-state index contributed by atoms with van der Waals surface area (Å²) in [5.41, 5.74) is -1.09. The molecule has 2 amide bonds. The second-order valence-corrected chi connectivity index (χ2v) is 4.86. The molecule has 0 unspecified atom stereocenters. The van der Waals surface area contributed by atoms with Crippen molar-refractivity contribution in [1.82, 2.24) is 5.32 Å². The highest BCUT2D eigenvalue weighted by Crippen LogP contribution is 2.35. The van der Waals surface area contributed by atoms with E-state index in [1.54, 1.807) is 18.2 Å². The van der Waals surface area contributed by atoms with Crippen molar-refractivity contribution < 1.29 is 27.9 Å². The maximum Gasteiger partial charge on any atom is 0.418 e. The van der Waals surface area contributed by atoms with Gasteiger partial charge in [0.25, 0.3) is 5.91 Å². The van der Waals surface area contributed by atoms with Crippen LogP contribution in [0.1, 0.15) is 21.5 Å². The summed E-state index contributed by atoms with van der Waals surface area (Å²) in [5.74, 6) is -0.669. The number of hydrogen-bond acceptors (Lipinski definition) is 2. The van der Waals surface area contributed by atoms with Crippen molar-refractivity contribution in [2.45, 2.75) is 12.7 Å². The molecule has 0 saturated carbocycles. The van der Waals surface area contributed by atoms with Crippen LogP contribution in [0.3, 0.4) is 0 Å². The van der Waals surface area contributed by atoms with Gasteiger partial charge in [0.1, 0.15) is 0 Å². The third-order valence-corrected chi connectivity index (χ3v) is 3.12. The highest BCUT2D eigenvalue weighted by molar-refractivity contribution is 6.04. The van der Waals surface area contributed by atoms with Gasteiger partial charge in [0.15, 0.2) is 0 Å². The fourth-order valence-electron chi connectivity index (χ4n) is 2.01. The molecule has 0 fully saturated rings. The van der Waals surface area contributed by atoms with Crippen LogP contribution in [0.25, 0.3) is 0 Å². The highest BCUT2D eigenvalue weighted by Gasteiger charge is 2.34. The molecule has 0 aromatic heterocycles. The molecule has 0 bridgehead atoms. The normalized spacial score (nSPS) is 11.0. The third kappa shape index (κ3) is 4.48. The zero-order valence-electron chi connectivity index (χ0n) is 12.2. The molecule has 2 aromatic rings. The average Bonchev–Trinajstić information content (AvgIpc) is 2.53. The summed E-state index contributed by atoms with van der Waals surface area (Å²) in [6.45, 7) is -0.272. The van der Waals surface area contributed by atoms with Crippen molar-refractivity contribution in [2.24, 2.45) is 0 Å². The molecule has 0 aliphatic carbocycles. The Balaban J connectivity index is 2.28. The van der Waals surface area contributed by atoms with E-state index in [0.717, 1.165) is 12.1 Å². The lowest BCUT2D eigenvalue weighted by atomic mass is 10.1. The summed E-state index contributed by atoms with van der Waals surface area (Å²) in [5, 5.41) is 12.7.